The van der Waals surface area contributed by atoms with Gasteiger partial charge in [0.1, 0.15) is 12.3 Å². The molecule has 1 N–H and O–H groups in total. The average molecular weight is 454 g/mol. The van der Waals surface area contributed by atoms with Gasteiger partial charge in [0.15, 0.2) is 0 Å². The van der Waals surface area contributed by atoms with Crippen LogP contribution in [0.5, 0.6) is 5.75 Å². The number of nitrogens with zero attached hydrogens (tertiary/aromatic N) is 2. The monoisotopic (exact) mass is 453 g/mol. The van der Waals surface area contributed by atoms with Crippen LogP contribution in [0, 0.1) is 6.92 Å². The molecule has 2 aromatic carbocycles. The summed E-state index contributed by atoms with van der Waals surface area (Å²) in [6.07, 6.45) is 1.54. The number of nitrogens with one attached hydrogen (secondary N) is 1. The lowest BCUT2D eigenvalue weighted by Gasteiger charge is -2.11. The minimum atomic E-state index is -3.83. The van der Waals surface area contributed by atoms with E-state index in [2.05, 4.69) is 10.4 Å². The highest BCUT2D eigenvalue weighted by atomic mass is 35.5. The van der Waals surface area contributed by atoms with Crippen molar-refractivity contribution in [1.29, 1.82) is 0 Å². The van der Waals surface area contributed by atoms with Crippen LogP contribution < -0.4 is 10.1 Å². The molecule has 0 spiro atoms. The molecule has 0 aliphatic heterocycles. The van der Waals surface area contributed by atoms with Gasteiger partial charge in [-0.2, -0.15) is 5.10 Å². The van der Waals surface area contributed by atoms with Gasteiger partial charge >= 0.3 is 0 Å². The SMILES string of the molecule is COc1cc(NC(=O)Cn2cc(Cl)c(C)n2)cc(S(=O)(=O)c2ccc(Cl)cc2)c1. The number of aromatic nitrogens is 2. The number of amides is 1. The van der Waals surface area contributed by atoms with Crippen molar-refractivity contribution in [1.82, 2.24) is 9.78 Å². The van der Waals surface area contributed by atoms with Crippen LogP contribution in [0.4, 0.5) is 5.69 Å². The summed E-state index contributed by atoms with van der Waals surface area (Å²) in [6.45, 7) is 1.65. The molecule has 0 bridgehead atoms. The Labute approximate surface area is 178 Å². The third kappa shape index (κ3) is 4.90. The Hall–Kier alpha value is -2.55. The number of rotatable bonds is 6. The van der Waals surface area contributed by atoms with Gasteiger partial charge in [-0.3, -0.25) is 9.48 Å². The molecule has 0 fully saturated rings. The van der Waals surface area contributed by atoms with Crippen LogP contribution in [0.1, 0.15) is 5.69 Å². The fraction of sp³-hybridized carbons (Fsp3) is 0.158. The minimum absolute atomic E-state index is 0.0209. The Morgan fingerprint density at radius 3 is 2.41 bits per heavy atom. The maximum Gasteiger partial charge on any atom is 0.246 e. The predicted molar refractivity (Wildman–Crippen MR) is 111 cm³/mol. The topological polar surface area (TPSA) is 90.3 Å². The van der Waals surface area contributed by atoms with Gasteiger partial charge in [-0.15, -0.1) is 0 Å². The summed E-state index contributed by atoms with van der Waals surface area (Å²) >= 11 is 11.8. The second kappa shape index (κ2) is 8.44. The van der Waals surface area contributed by atoms with Crippen LogP contribution in [-0.2, 0) is 21.2 Å². The van der Waals surface area contributed by atoms with Crippen molar-refractivity contribution in [3.8, 4) is 5.75 Å². The van der Waals surface area contributed by atoms with E-state index in [1.54, 1.807) is 13.1 Å². The third-order valence-corrected chi connectivity index (χ3v) is 6.40. The van der Waals surface area contributed by atoms with Gasteiger partial charge < -0.3 is 10.1 Å². The van der Waals surface area contributed by atoms with Crippen molar-refractivity contribution < 1.29 is 17.9 Å². The van der Waals surface area contributed by atoms with Crippen LogP contribution >= 0.6 is 23.2 Å². The zero-order valence-electron chi connectivity index (χ0n) is 15.5. The van der Waals surface area contributed by atoms with E-state index in [0.29, 0.717) is 15.7 Å². The lowest BCUT2D eigenvalue weighted by Crippen LogP contribution is -2.19. The molecule has 29 heavy (non-hydrogen) atoms. The second-order valence-electron chi connectivity index (χ2n) is 6.16. The van der Waals surface area contributed by atoms with E-state index in [1.165, 1.54) is 54.3 Å². The number of hydrogen-bond donors (Lipinski definition) is 1. The third-order valence-electron chi connectivity index (χ3n) is 4.03. The second-order valence-corrected chi connectivity index (χ2v) is 8.96. The molecule has 3 aromatic rings. The van der Waals surface area contributed by atoms with E-state index in [9.17, 15) is 13.2 Å². The largest absolute Gasteiger partial charge is 0.497 e. The van der Waals surface area contributed by atoms with Crippen molar-refractivity contribution >= 4 is 44.6 Å². The van der Waals surface area contributed by atoms with Crippen molar-refractivity contribution in [2.75, 3.05) is 12.4 Å². The molecule has 0 atom stereocenters. The molecular formula is C19H17Cl2N3O4S. The van der Waals surface area contributed by atoms with Crippen LogP contribution in [0.3, 0.4) is 0 Å². The fourth-order valence-electron chi connectivity index (χ4n) is 2.59. The quantitative estimate of drug-likeness (QED) is 0.609. The number of halogens is 2. The van der Waals surface area contributed by atoms with E-state index in [-0.39, 0.29) is 27.8 Å². The number of aryl methyl sites for hydroxylation is 1. The van der Waals surface area contributed by atoms with Crippen molar-refractivity contribution in [2.24, 2.45) is 0 Å². The number of ether oxygens (including phenoxy) is 1. The maximum atomic E-state index is 12.9. The lowest BCUT2D eigenvalue weighted by atomic mass is 10.3. The molecule has 0 saturated heterocycles. The first kappa shape index (κ1) is 21.2. The van der Waals surface area contributed by atoms with Gasteiger partial charge in [-0.1, -0.05) is 23.2 Å². The summed E-state index contributed by atoms with van der Waals surface area (Å²) in [5, 5.41) is 7.66. The Morgan fingerprint density at radius 2 is 1.83 bits per heavy atom. The molecule has 0 saturated carbocycles. The summed E-state index contributed by atoms with van der Waals surface area (Å²) in [6, 6.07) is 10.1. The molecule has 0 aliphatic rings. The van der Waals surface area contributed by atoms with E-state index in [0.717, 1.165) is 0 Å². The van der Waals surface area contributed by atoms with Gasteiger partial charge in [0.05, 0.1) is 27.6 Å². The molecular weight excluding hydrogens is 437 g/mol. The maximum absolute atomic E-state index is 12.9. The van der Waals surface area contributed by atoms with Crippen molar-refractivity contribution in [2.45, 2.75) is 23.3 Å². The minimum Gasteiger partial charge on any atom is -0.497 e. The average Bonchev–Trinajstić information content (AvgIpc) is 2.98. The normalized spacial score (nSPS) is 11.3. The summed E-state index contributed by atoms with van der Waals surface area (Å²) in [5.41, 5.74) is 0.883. The molecule has 0 unspecified atom stereocenters. The van der Waals surface area contributed by atoms with Gasteiger partial charge in [0, 0.05) is 23.0 Å². The zero-order valence-corrected chi connectivity index (χ0v) is 17.8. The van der Waals surface area contributed by atoms with Crippen LogP contribution in [-0.4, -0.2) is 31.2 Å². The van der Waals surface area contributed by atoms with Gasteiger partial charge in [0.25, 0.3) is 0 Å². The first-order chi connectivity index (χ1) is 13.7. The van der Waals surface area contributed by atoms with E-state index in [1.807, 2.05) is 0 Å². The molecule has 1 amide bonds. The number of carbonyl (C=O) groups is 1. The molecule has 1 aromatic heterocycles. The number of hydrogen-bond acceptors (Lipinski definition) is 5. The first-order valence-corrected chi connectivity index (χ1v) is 10.6. The highest BCUT2D eigenvalue weighted by Gasteiger charge is 2.20. The number of carbonyl (C=O) groups excluding carboxylic acids is 1. The fourth-order valence-corrected chi connectivity index (χ4v) is 4.19. The Bertz CT molecular complexity index is 1140. The van der Waals surface area contributed by atoms with Crippen molar-refractivity contribution in [3.05, 3.63) is 64.4 Å². The van der Waals surface area contributed by atoms with Gasteiger partial charge in [-0.05, 0) is 43.3 Å². The smallest absolute Gasteiger partial charge is 0.246 e. The standard InChI is InChI=1S/C19H17Cl2N3O4S/c1-12-18(21)10-24(23-12)11-19(25)22-14-7-15(28-2)9-17(8-14)29(26,27)16-5-3-13(20)4-6-16/h3-10H,11H2,1-2H3,(H,22,25). The summed E-state index contributed by atoms with van der Waals surface area (Å²) < 4.78 is 32.5. The highest BCUT2D eigenvalue weighted by Crippen LogP contribution is 2.29. The Balaban J connectivity index is 1.88. The Kier molecular flexibility index (Phi) is 6.16. The molecule has 1 heterocycles. The number of methoxy groups -OCH3 is 1. The number of benzene rings is 2. The molecule has 10 heteroatoms. The molecule has 0 aliphatic carbocycles. The summed E-state index contributed by atoms with van der Waals surface area (Å²) in [4.78, 5) is 12.4. The van der Waals surface area contributed by atoms with E-state index in [4.69, 9.17) is 27.9 Å². The summed E-state index contributed by atoms with van der Waals surface area (Å²) in [7, 11) is -2.42. The molecule has 7 nitrogen and oxygen atoms in total. The lowest BCUT2D eigenvalue weighted by molar-refractivity contribution is -0.116. The van der Waals surface area contributed by atoms with Crippen molar-refractivity contribution in [3.63, 3.8) is 0 Å². The van der Waals surface area contributed by atoms with Crippen LogP contribution in [0.15, 0.2) is 58.5 Å². The number of sulfone groups is 1. The Morgan fingerprint density at radius 1 is 1.14 bits per heavy atom. The van der Waals surface area contributed by atoms with Gasteiger partial charge in [-0.25, -0.2) is 8.42 Å². The number of anilines is 1. The van der Waals surface area contributed by atoms with E-state index >= 15 is 0 Å². The molecule has 3 rings (SSSR count). The van der Waals surface area contributed by atoms with Crippen LogP contribution in [0.2, 0.25) is 10.0 Å². The first-order valence-electron chi connectivity index (χ1n) is 8.38. The molecule has 152 valence electrons. The van der Waals surface area contributed by atoms with Gasteiger partial charge in [0.2, 0.25) is 15.7 Å². The highest BCUT2D eigenvalue weighted by molar-refractivity contribution is 7.91. The summed E-state index contributed by atoms with van der Waals surface area (Å²) in [5.74, 6) is -0.111. The van der Waals surface area contributed by atoms with E-state index < -0.39 is 15.7 Å². The molecule has 0 radical (unpaired) electrons. The predicted octanol–water partition coefficient (Wildman–Crippen LogP) is 3.98. The zero-order chi connectivity index (χ0) is 21.2. The van der Waals surface area contributed by atoms with Crippen LogP contribution in [0.25, 0.3) is 0 Å².